The predicted molar refractivity (Wildman–Crippen MR) is 63.7 cm³/mol. The zero-order valence-electron chi connectivity index (χ0n) is 9.76. The van der Waals surface area contributed by atoms with Crippen molar-refractivity contribution in [3.8, 4) is 6.07 Å². The number of nitriles is 1. The zero-order chi connectivity index (χ0) is 12.0. The number of benzene rings is 1. The highest BCUT2D eigenvalue weighted by atomic mass is 19.1. The van der Waals surface area contributed by atoms with E-state index in [9.17, 15) is 4.39 Å². The van der Waals surface area contributed by atoms with Gasteiger partial charge in [-0.05, 0) is 31.5 Å². The minimum Gasteiger partial charge on any atom is -0.382 e. The lowest BCUT2D eigenvalue weighted by atomic mass is 10.1. The van der Waals surface area contributed by atoms with Crippen molar-refractivity contribution in [1.29, 1.82) is 5.26 Å². The minimum atomic E-state index is -0.371. The molecule has 0 saturated heterocycles. The number of anilines is 1. The van der Waals surface area contributed by atoms with Crippen LogP contribution < -0.4 is 5.32 Å². The van der Waals surface area contributed by atoms with Crippen LogP contribution in [0.1, 0.15) is 38.7 Å². The number of hydrogen-bond donors (Lipinski definition) is 1. The molecule has 0 spiro atoms. The molecular formula is C13H17FN2. The van der Waals surface area contributed by atoms with E-state index in [1.807, 2.05) is 6.07 Å². The van der Waals surface area contributed by atoms with Gasteiger partial charge in [-0.25, -0.2) is 4.39 Å². The number of hydrogen-bond acceptors (Lipinski definition) is 2. The molecule has 0 saturated carbocycles. The second-order valence-corrected chi connectivity index (χ2v) is 4.03. The van der Waals surface area contributed by atoms with E-state index in [0.717, 1.165) is 19.3 Å². The van der Waals surface area contributed by atoms with E-state index >= 15 is 0 Å². The molecule has 2 nitrogen and oxygen atoms in total. The highest BCUT2D eigenvalue weighted by Gasteiger charge is 2.04. The molecule has 3 heteroatoms. The van der Waals surface area contributed by atoms with E-state index in [1.165, 1.54) is 12.1 Å². The number of unbranched alkanes of at least 4 members (excludes halogenated alkanes) is 1. The summed E-state index contributed by atoms with van der Waals surface area (Å²) >= 11 is 0. The van der Waals surface area contributed by atoms with E-state index in [-0.39, 0.29) is 5.82 Å². The number of rotatable bonds is 5. The molecule has 16 heavy (non-hydrogen) atoms. The first-order valence-corrected chi connectivity index (χ1v) is 5.63. The fourth-order valence-corrected chi connectivity index (χ4v) is 1.60. The van der Waals surface area contributed by atoms with E-state index in [4.69, 9.17) is 5.26 Å². The highest BCUT2D eigenvalue weighted by Crippen LogP contribution is 2.15. The van der Waals surface area contributed by atoms with Gasteiger partial charge in [-0.2, -0.15) is 5.26 Å². The molecular weight excluding hydrogens is 203 g/mol. The highest BCUT2D eigenvalue weighted by molar-refractivity contribution is 5.50. The van der Waals surface area contributed by atoms with Crippen LogP contribution in [0.2, 0.25) is 0 Å². The van der Waals surface area contributed by atoms with Crippen molar-refractivity contribution < 1.29 is 4.39 Å². The van der Waals surface area contributed by atoms with Crippen molar-refractivity contribution in [3.05, 3.63) is 29.6 Å². The molecule has 1 aromatic carbocycles. The molecule has 0 radical (unpaired) electrons. The summed E-state index contributed by atoms with van der Waals surface area (Å²) in [6, 6.07) is 6.57. The molecule has 1 aromatic rings. The van der Waals surface area contributed by atoms with Crippen molar-refractivity contribution in [3.63, 3.8) is 0 Å². The van der Waals surface area contributed by atoms with Gasteiger partial charge in [0, 0.05) is 11.7 Å². The van der Waals surface area contributed by atoms with Gasteiger partial charge in [0.2, 0.25) is 0 Å². The smallest absolute Gasteiger partial charge is 0.126 e. The van der Waals surface area contributed by atoms with Crippen molar-refractivity contribution in [2.24, 2.45) is 0 Å². The summed E-state index contributed by atoms with van der Waals surface area (Å²) < 4.78 is 13.1. The Kier molecular flexibility index (Phi) is 4.78. The van der Waals surface area contributed by atoms with Crippen LogP contribution in [0.25, 0.3) is 0 Å². The van der Waals surface area contributed by atoms with Crippen molar-refractivity contribution in [1.82, 2.24) is 0 Å². The summed E-state index contributed by atoms with van der Waals surface area (Å²) in [4.78, 5) is 0. The molecule has 0 aliphatic heterocycles. The fourth-order valence-electron chi connectivity index (χ4n) is 1.60. The van der Waals surface area contributed by atoms with Crippen molar-refractivity contribution in [2.75, 3.05) is 5.32 Å². The average Bonchev–Trinajstić information content (AvgIpc) is 2.25. The number of nitrogens with one attached hydrogen (secondary N) is 1. The van der Waals surface area contributed by atoms with E-state index < -0.39 is 0 Å². The van der Waals surface area contributed by atoms with Crippen LogP contribution in [0, 0.1) is 17.1 Å². The summed E-state index contributed by atoms with van der Waals surface area (Å²) in [5.74, 6) is -0.371. The molecule has 0 amide bonds. The third-order valence-electron chi connectivity index (χ3n) is 2.43. The van der Waals surface area contributed by atoms with Crippen molar-refractivity contribution >= 4 is 5.69 Å². The Morgan fingerprint density at radius 1 is 1.44 bits per heavy atom. The van der Waals surface area contributed by atoms with Gasteiger partial charge >= 0.3 is 0 Å². The molecule has 0 aliphatic rings. The molecule has 0 aromatic heterocycles. The Hall–Kier alpha value is -1.56. The maximum absolute atomic E-state index is 13.1. The zero-order valence-corrected chi connectivity index (χ0v) is 9.76. The van der Waals surface area contributed by atoms with Gasteiger partial charge in [0.25, 0.3) is 0 Å². The van der Waals surface area contributed by atoms with Crippen LogP contribution in [0.4, 0.5) is 10.1 Å². The second kappa shape index (κ2) is 6.12. The normalized spacial score (nSPS) is 11.9. The van der Waals surface area contributed by atoms with Crippen LogP contribution >= 0.6 is 0 Å². The maximum Gasteiger partial charge on any atom is 0.126 e. The SMILES string of the molecule is CCCCC(C)Nc1cc(F)cc(C#N)c1. The standard InChI is InChI=1S/C13H17FN2/c1-3-4-5-10(2)16-13-7-11(9-15)6-12(14)8-13/h6-8,10,16H,3-5H2,1-2H3. The third-order valence-corrected chi connectivity index (χ3v) is 2.43. The first-order chi connectivity index (χ1) is 7.65. The summed E-state index contributed by atoms with van der Waals surface area (Å²) in [5, 5.41) is 11.9. The Bertz CT molecular complexity index is 382. The van der Waals surface area contributed by atoms with Gasteiger partial charge < -0.3 is 5.32 Å². The lowest BCUT2D eigenvalue weighted by Crippen LogP contribution is -2.14. The van der Waals surface area contributed by atoms with Gasteiger partial charge in [0.1, 0.15) is 5.82 Å². The molecule has 86 valence electrons. The van der Waals surface area contributed by atoms with Gasteiger partial charge in [0.15, 0.2) is 0 Å². The van der Waals surface area contributed by atoms with Crippen molar-refractivity contribution in [2.45, 2.75) is 39.2 Å². The number of nitrogens with zero attached hydrogens (tertiary/aromatic N) is 1. The first-order valence-electron chi connectivity index (χ1n) is 5.63. The quantitative estimate of drug-likeness (QED) is 0.821. The van der Waals surface area contributed by atoms with Crippen LogP contribution in [0.15, 0.2) is 18.2 Å². The Morgan fingerprint density at radius 3 is 2.81 bits per heavy atom. The lowest BCUT2D eigenvalue weighted by Gasteiger charge is -2.14. The molecule has 1 unspecified atom stereocenters. The molecule has 1 N–H and O–H groups in total. The molecule has 1 rings (SSSR count). The minimum absolute atomic E-state index is 0.299. The average molecular weight is 220 g/mol. The van der Waals surface area contributed by atoms with Gasteiger partial charge in [-0.15, -0.1) is 0 Å². The Morgan fingerprint density at radius 2 is 2.19 bits per heavy atom. The maximum atomic E-state index is 13.1. The topological polar surface area (TPSA) is 35.8 Å². The first kappa shape index (κ1) is 12.5. The lowest BCUT2D eigenvalue weighted by molar-refractivity contribution is 0.624. The van der Waals surface area contributed by atoms with Gasteiger partial charge in [-0.1, -0.05) is 19.8 Å². The molecule has 0 heterocycles. The van der Waals surface area contributed by atoms with Crippen LogP contribution in [0.3, 0.4) is 0 Å². The van der Waals surface area contributed by atoms with E-state index in [0.29, 0.717) is 17.3 Å². The Labute approximate surface area is 96.1 Å². The fraction of sp³-hybridized carbons (Fsp3) is 0.462. The van der Waals surface area contributed by atoms with Crippen LogP contribution in [0.5, 0.6) is 0 Å². The summed E-state index contributed by atoms with van der Waals surface area (Å²) in [7, 11) is 0. The summed E-state index contributed by atoms with van der Waals surface area (Å²) in [6.07, 6.45) is 3.35. The van der Waals surface area contributed by atoms with E-state index in [1.54, 1.807) is 6.07 Å². The monoisotopic (exact) mass is 220 g/mol. The second-order valence-electron chi connectivity index (χ2n) is 4.03. The molecule has 1 atom stereocenters. The van der Waals surface area contributed by atoms with Gasteiger partial charge in [0.05, 0.1) is 11.6 Å². The van der Waals surface area contributed by atoms with Crippen LogP contribution in [-0.4, -0.2) is 6.04 Å². The van der Waals surface area contributed by atoms with E-state index in [2.05, 4.69) is 19.2 Å². The molecule has 0 aliphatic carbocycles. The predicted octanol–water partition coefficient (Wildman–Crippen LogP) is 3.69. The molecule has 0 fully saturated rings. The molecule has 0 bridgehead atoms. The Balaban J connectivity index is 2.66. The summed E-state index contributed by atoms with van der Waals surface area (Å²) in [5.41, 5.74) is 1.03. The van der Waals surface area contributed by atoms with Crippen LogP contribution in [-0.2, 0) is 0 Å². The largest absolute Gasteiger partial charge is 0.382 e. The number of halogens is 1. The van der Waals surface area contributed by atoms with Gasteiger partial charge in [-0.3, -0.25) is 0 Å². The summed E-state index contributed by atoms with van der Waals surface area (Å²) in [6.45, 7) is 4.20. The third kappa shape index (κ3) is 3.90.